The Bertz CT molecular complexity index is 910. The van der Waals surface area contributed by atoms with Gasteiger partial charge in [-0.25, -0.2) is 0 Å². The van der Waals surface area contributed by atoms with Crippen LogP contribution >= 0.6 is 12.2 Å². The van der Waals surface area contributed by atoms with Crippen LogP contribution < -0.4 is 16.0 Å². The van der Waals surface area contributed by atoms with E-state index >= 15 is 0 Å². The van der Waals surface area contributed by atoms with Gasteiger partial charge >= 0.3 is 0 Å². The van der Waals surface area contributed by atoms with E-state index in [0.29, 0.717) is 16.9 Å². The number of nitrogens with zero attached hydrogens (tertiary/aromatic N) is 1. The molecule has 0 spiro atoms. The number of anilines is 2. The number of hydrogen-bond acceptors (Lipinski definition) is 5. The van der Waals surface area contributed by atoms with E-state index in [0.717, 1.165) is 0 Å². The van der Waals surface area contributed by atoms with Crippen LogP contribution in [0.25, 0.3) is 6.08 Å². The van der Waals surface area contributed by atoms with E-state index in [1.165, 1.54) is 37.3 Å². The third kappa shape index (κ3) is 6.67. The van der Waals surface area contributed by atoms with Gasteiger partial charge in [-0.2, -0.15) is 0 Å². The predicted molar refractivity (Wildman–Crippen MR) is 107 cm³/mol. The molecule has 138 valence electrons. The monoisotopic (exact) mass is 384 g/mol. The molecule has 0 aliphatic carbocycles. The highest BCUT2D eigenvalue weighted by Gasteiger charge is 2.05. The van der Waals surface area contributed by atoms with Crippen molar-refractivity contribution in [2.24, 2.45) is 0 Å². The maximum absolute atomic E-state index is 11.9. The lowest BCUT2D eigenvalue weighted by atomic mass is 10.2. The standard InChI is InChI=1S/C18H16N4O4S/c1-12(23)19-14-6-8-15(9-7-14)20-18(27)21-17(24)10-5-13-3-2-4-16(11-13)22(25)26/h2-11H,1H3,(H,19,23)(H2,20,21,24,27). The van der Waals surface area contributed by atoms with Gasteiger partial charge in [0, 0.05) is 36.5 Å². The molecule has 0 heterocycles. The summed E-state index contributed by atoms with van der Waals surface area (Å²) in [6.45, 7) is 1.41. The van der Waals surface area contributed by atoms with Gasteiger partial charge in [-0.3, -0.25) is 25.0 Å². The smallest absolute Gasteiger partial charge is 0.270 e. The van der Waals surface area contributed by atoms with Gasteiger partial charge in [-0.05, 0) is 48.1 Å². The zero-order valence-electron chi connectivity index (χ0n) is 14.3. The average molecular weight is 384 g/mol. The fourth-order valence-electron chi connectivity index (χ4n) is 2.07. The van der Waals surface area contributed by atoms with Gasteiger partial charge in [0.15, 0.2) is 5.11 Å². The minimum Gasteiger partial charge on any atom is -0.332 e. The highest BCUT2D eigenvalue weighted by Crippen LogP contribution is 2.14. The number of nitro benzene ring substituents is 1. The van der Waals surface area contributed by atoms with Crippen molar-refractivity contribution in [3.8, 4) is 0 Å². The molecule has 0 fully saturated rings. The number of non-ortho nitro benzene ring substituents is 1. The Labute approximate surface area is 160 Å². The first-order valence-electron chi connectivity index (χ1n) is 7.75. The van der Waals surface area contributed by atoms with Crippen molar-refractivity contribution in [2.45, 2.75) is 6.92 Å². The Morgan fingerprint density at radius 1 is 1.07 bits per heavy atom. The van der Waals surface area contributed by atoms with Crippen LogP contribution in [0.1, 0.15) is 12.5 Å². The summed E-state index contributed by atoms with van der Waals surface area (Å²) in [7, 11) is 0. The largest absolute Gasteiger partial charge is 0.332 e. The number of hydrogen-bond donors (Lipinski definition) is 3. The van der Waals surface area contributed by atoms with Gasteiger partial charge in [0.05, 0.1) is 4.92 Å². The fraction of sp³-hybridized carbons (Fsp3) is 0.0556. The Hall–Kier alpha value is -3.59. The molecule has 3 N–H and O–H groups in total. The van der Waals surface area contributed by atoms with Crippen LogP contribution in [0.4, 0.5) is 17.1 Å². The molecule has 0 aliphatic heterocycles. The number of benzene rings is 2. The molecule has 9 heteroatoms. The Morgan fingerprint density at radius 3 is 2.30 bits per heavy atom. The predicted octanol–water partition coefficient (Wildman–Crippen LogP) is 3.08. The summed E-state index contributed by atoms with van der Waals surface area (Å²) in [5, 5.41) is 18.8. The first-order valence-corrected chi connectivity index (χ1v) is 8.16. The molecule has 8 nitrogen and oxygen atoms in total. The third-order valence-electron chi connectivity index (χ3n) is 3.21. The maximum Gasteiger partial charge on any atom is 0.270 e. The number of thiocarbonyl (C=S) groups is 1. The number of rotatable bonds is 5. The minimum absolute atomic E-state index is 0.0579. The van der Waals surface area contributed by atoms with Crippen LogP contribution in [0.3, 0.4) is 0 Å². The highest BCUT2D eigenvalue weighted by atomic mass is 32.1. The lowest BCUT2D eigenvalue weighted by molar-refractivity contribution is -0.384. The summed E-state index contributed by atoms with van der Waals surface area (Å²) >= 11 is 5.06. The molecule has 2 rings (SSSR count). The van der Waals surface area contributed by atoms with Gasteiger partial charge in [-0.15, -0.1) is 0 Å². The number of nitro groups is 1. The number of amides is 2. The zero-order chi connectivity index (χ0) is 19.8. The lowest BCUT2D eigenvalue weighted by Crippen LogP contribution is -2.32. The normalized spacial score (nSPS) is 10.3. The first kappa shape index (κ1) is 19.7. The third-order valence-corrected chi connectivity index (χ3v) is 3.41. The Morgan fingerprint density at radius 2 is 1.70 bits per heavy atom. The molecular formula is C18H16N4O4S. The van der Waals surface area contributed by atoms with Crippen LogP contribution in [0, 0.1) is 10.1 Å². The summed E-state index contributed by atoms with van der Waals surface area (Å²) in [6.07, 6.45) is 2.68. The highest BCUT2D eigenvalue weighted by molar-refractivity contribution is 7.80. The van der Waals surface area contributed by atoms with E-state index in [-0.39, 0.29) is 16.7 Å². The minimum atomic E-state index is -0.506. The Balaban J connectivity index is 1.89. The van der Waals surface area contributed by atoms with Crippen LogP contribution in [0.15, 0.2) is 54.6 Å². The van der Waals surface area contributed by atoms with E-state index in [2.05, 4.69) is 16.0 Å². The molecule has 0 saturated carbocycles. The number of nitrogens with one attached hydrogen (secondary N) is 3. The molecule has 0 aliphatic rings. The van der Waals surface area contributed by atoms with Gasteiger partial charge in [0.25, 0.3) is 5.69 Å². The molecule has 27 heavy (non-hydrogen) atoms. The molecule has 0 aromatic heterocycles. The molecule has 0 radical (unpaired) electrons. The molecule has 2 amide bonds. The molecule has 2 aromatic carbocycles. The molecule has 0 unspecified atom stereocenters. The molecule has 0 bridgehead atoms. The van der Waals surface area contributed by atoms with E-state index < -0.39 is 10.8 Å². The molecule has 2 aromatic rings. The van der Waals surface area contributed by atoms with Crippen molar-refractivity contribution in [1.29, 1.82) is 0 Å². The second kappa shape index (κ2) is 9.20. The van der Waals surface area contributed by atoms with Crippen LogP contribution in [-0.4, -0.2) is 21.9 Å². The summed E-state index contributed by atoms with van der Waals surface area (Å²) in [5.41, 5.74) is 1.74. The van der Waals surface area contributed by atoms with Crippen molar-refractivity contribution in [3.63, 3.8) is 0 Å². The van der Waals surface area contributed by atoms with Crippen LogP contribution in [0.5, 0.6) is 0 Å². The summed E-state index contributed by atoms with van der Waals surface area (Å²) in [4.78, 5) is 33.1. The summed E-state index contributed by atoms with van der Waals surface area (Å²) < 4.78 is 0. The lowest BCUT2D eigenvalue weighted by Gasteiger charge is -2.09. The Kier molecular flexibility index (Phi) is 6.73. The molecule has 0 atom stereocenters. The second-order valence-corrected chi connectivity index (χ2v) is 5.80. The van der Waals surface area contributed by atoms with Crippen molar-refractivity contribution >= 4 is 52.3 Å². The van der Waals surface area contributed by atoms with Gasteiger partial charge in [0.2, 0.25) is 11.8 Å². The second-order valence-electron chi connectivity index (χ2n) is 5.39. The summed E-state index contributed by atoms with van der Waals surface area (Å²) in [6, 6.07) is 12.7. The zero-order valence-corrected chi connectivity index (χ0v) is 15.1. The topological polar surface area (TPSA) is 113 Å². The van der Waals surface area contributed by atoms with Gasteiger partial charge < -0.3 is 10.6 Å². The fourth-order valence-corrected chi connectivity index (χ4v) is 2.29. The van der Waals surface area contributed by atoms with E-state index in [1.54, 1.807) is 30.3 Å². The summed E-state index contributed by atoms with van der Waals surface area (Å²) in [5.74, 6) is -0.650. The van der Waals surface area contributed by atoms with Crippen molar-refractivity contribution in [1.82, 2.24) is 5.32 Å². The molecular weight excluding hydrogens is 368 g/mol. The first-order chi connectivity index (χ1) is 12.8. The maximum atomic E-state index is 11.9. The van der Waals surface area contributed by atoms with Crippen molar-refractivity contribution < 1.29 is 14.5 Å². The quantitative estimate of drug-likeness (QED) is 0.316. The van der Waals surface area contributed by atoms with Crippen LogP contribution in [-0.2, 0) is 9.59 Å². The van der Waals surface area contributed by atoms with Crippen molar-refractivity contribution in [3.05, 3.63) is 70.3 Å². The van der Waals surface area contributed by atoms with Gasteiger partial charge in [0.1, 0.15) is 0 Å². The molecule has 0 saturated heterocycles. The number of carbonyl (C=O) groups excluding carboxylic acids is 2. The van der Waals surface area contributed by atoms with Crippen LogP contribution in [0.2, 0.25) is 0 Å². The number of carbonyl (C=O) groups is 2. The van der Waals surface area contributed by atoms with E-state index in [4.69, 9.17) is 12.2 Å². The van der Waals surface area contributed by atoms with Crippen molar-refractivity contribution in [2.75, 3.05) is 10.6 Å². The van der Waals surface area contributed by atoms with Gasteiger partial charge in [-0.1, -0.05) is 12.1 Å². The SMILES string of the molecule is CC(=O)Nc1ccc(NC(=S)NC(=O)C=Cc2cccc([N+](=O)[O-])c2)cc1. The van der Waals surface area contributed by atoms with E-state index in [1.807, 2.05) is 0 Å². The van der Waals surface area contributed by atoms with E-state index in [9.17, 15) is 19.7 Å². The average Bonchev–Trinajstić information content (AvgIpc) is 2.61.